The fraction of sp³-hybridized carbons (Fsp3) is 0.833. The maximum Gasteiger partial charge on any atom is 0.185 e. The van der Waals surface area contributed by atoms with Crippen LogP contribution >= 0.6 is 0 Å². The Labute approximate surface area is 125 Å². The third kappa shape index (κ3) is 18.4. The molecule has 0 aromatic carbocycles. The lowest BCUT2D eigenvalue weighted by Gasteiger charge is -2.07. The number of rotatable bonds is 14. The molecular weight excluding hydrogens is 276 g/mol. The summed E-state index contributed by atoms with van der Waals surface area (Å²) in [5.74, 6) is 0.0899. The number of nitrogens with zero attached hydrogens (tertiary/aromatic N) is 1. The molecule has 0 radical (unpaired) electrons. The van der Waals surface area contributed by atoms with Crippen molar-refractivity contribution in [2.45, 2.75) is 12.8 Å². The average Bonchev–Trinajstić information content (AvgIpc) is 2.42. The van der Waals surface area contributed by atoms with Gasteiger partial charge in [-0.25, -0.2) is 0 Å². The highest BCUT2D eigenvalue weighted by molar-refractivity contribution is 5.75. The number of hydrogen-bond donors (Lipinski definition) is 5. The minimum Gasteiger partial charge on any atom is -0.379 e. The zero-order valence-electron chi connectivity index (χ0n) is 12.5. The van der Waals surface area contributed by atoms with Gasteiger partial charge in [0.15, 0.2) is 11.9 Å². The van der Waals surface area contributed by atoms with Gasteiger partial charge < -0.3 is 36.7 Å². The van der Waals surface area contributed by atoms with E-state index in [4.69, 9.17) is 36.8 Å². The summed E-state index contributed by atoms with van der Waals surface area (Å²) in [6.45, 7) is 4.62. The largest absolute Gasteiger partial charge is 0.379 e. The molecule has 0 aliphatic carbocycles. The van der Waals surface area contributed by atoms with Crippen LogP contribution in [-0.2, 0) is 14.2 Å². The molecule has 0 aliphatic heterocycles. The number of nitrogens with one attached hydrogen (secondary N) is 2. The maximum atomic E-state index is 6.95. The van der Waals surface area contributed by atoms with Crippen molar-refractivity contribution in [2.75, 3.05) is 52.7 Å². The van der Waals surface area contributed by atoms with Crippen molar-refractivity contribution >= 4 is 11.9 Å². The lowest BCUT2D eigenvalue weighted by Crippen LogP contribution is -2.31. The van der Waals surface area contributed by atoms with Gasteiger partial charge in [-0.15, -0.1) is 0 Å². The molecule has 8 N–H and O–H groups in total. The summed E-state index contributed by atoms with van der Waals surface area (Å²) >= 11 is 0. The number of aliphatic imine (C=N–C) groups is 1. The highest BCUT2D eigenvalue weighted by atomic mass is 16.5. The van der Waals surface area contributed by atoms with Crippen molar-refractivity contribution in [3.63, 3.8) is 0 Å². The van der Waals surface area contributed by atoms with E-state index in [-0.39, 0.29) is 11.9 Å². The zero-order valence-corrected chi connectivity index (χ0v) is 12.5. The Morgan fingerprint density at radius 2 is 1.38 bits per heavy atom. The van der Waals surface area contributed by atoms with E-state index in [9.17, 15) is 0 Å². The molecule has 9 heteroatoms. The summed E-state index contributed by atoms with van der Waals surface area (Å²) < 4.78 is 16.0. The van der Waals surface area contributed by atoms with E-state index in [2.05, 4.69) is 10.3 Å². The van der Waals surface area contributed by atoms with Crippen LogP contribution in [-0.4, -0.2) is 64.6 Å². The molecule has 0 heterocycles. The van der Waals surface area contributed by atoms with Crippen LogP contribution in [0.5, 0.6) is 0 Å². The summed E-state index contributed by atoms with van der Waals surface area (Å²) in [4.78, 5) is 3.84. The van der Waals surface area contributed by atoms with Gasteiger partial charge >= 0.3 is 0 Å². The highest BCUT2D eigenvalue weighted by Gasteiger charge is 1.93. The predicted molar refractivity (Wildman–Crippen MR) is 82.3 cm³/mol. The van der Waals surface area contributed by atoms with E-state index in [0.717, 1.165) is 12.8 Å². The van der Waals surface area contributed by atoms with E-state index in [0.29, 0.717) is 52.7 Å². The van der Waals surface area contributed by atoms with E-state index in [1.165, 1.54) is 0 Å². The first-order chi connectivity index (χ1) is 10.1. The zero-order chi connectivity index (χ0) is 15.8. The Hall–Kier alpha value is -1.58. The van der Waals surface area contributed by atoms with Crippen molar-refractivity contribution < 1.29 is 14.2 Å². The standard InChI is InChI=1S/C12H28N6O3/c13-11(14)17-3-1-5-19-7-9-21-10-8-20-6-2-4-18-12(15)16/h1-10H2,(H4,13,14,17)(H4,15,16,18). The van der Waals surface area contributed by atoms with Gasteiger partial charge in [0.05, 0.1) is 26.4 Å². The molecule has 0 fully saturated rings. The van der Waals surface area contributed by atoms with Crippen LogP contribution in [0.4, 0.5) is 0 Å². The van der Waals surface area contributed by atoms with Crippen molar-refractivity contribution in [3.05, 3.63) is 0 Å². The second-order valence-electron chi connectivity index (χ2n) is 4.19. The average molecular weight is 304 g/mol. The number of hydrogen-bond acceptors (Lipinski definition) is 5. The van der Waals surface area contributed by atoms with Gasteiger partial charge in [-0.1, -0.05) is 0 Å². The van der Waals surface area contributed by atoms with Crippen LogP contribution in [0.25, 0.3) is 0 Å². The van der Waals surface area contributed by atoms with Gasteiger partial charge in [-0.3, -0.25) is 10.4 Å². The second kappa shape index (κ2) is 14.8. The minimum atomic E-state index is -0.0170. The topological polar surface area (TPSA) is 154 Å². The van der Waals surface area contributed by atoms with Gasteiger partial charge in [-0.2, -0.15) is 0 Å². The number of ether oxygens (including phenoxy) is 3. The number of guanidine groups is 2. The molecule has 0 amide bonds. The quantitative estimate of drug-likeness (QED) is 0.150. The van der Waals surface area contributed by atoms with E-state index < -0.39 is 0 Å². The van der Waals surface area contributed by atoms with Crippen molar-refractivity contribution in [3.8, 4) is 0 Å². The summed E-state index contributed by atoms with van der Waals surface area (Å²) in [6, 6.07) is 0. The molecule has 21 heavy (non-hydrogen) atoms. The Kier molecular flexibility index (Phi) is 13.7. The summed E-state index contributed by atoms with van der Waals surface area (Å²) in [6.07, 6.45) is 1.59. The monoisotopic (exact) mass is 304 g/mol. The van der Waals surface area contributed by atoms with Crippen LogP contribution in [0.1, 0.15) is 12.8 Å². The lowest BCUT2D eigenvalue weighted by molar-refractivity contribution is 0.0142. The Morgan fingerprint density at radius 1 is 0.857 bits per heavy atom. The molecule has 0 spiro atoms. The smallest absolute Gasteiger partial charge is 0.185 e. The molecular formula is C12H28N6O3. The fourth-order valence-electron chi connectivity index (χ4n) is 1.31. The molecule has 0 bridgehead atoms. The van der Waals surface area contributed by atoms with Crippen molar-refractivity contribution in [1.82, 2.24) is 5.32 Å². The van der Waals surface area contributed by atoms with E-state index >= 15 is 0 Å². The molecule has 0 atom stereocenters. The third-order valence-electron chi connectivity index (χ3n) is 2.27. The molecule has 0 saturated carbocycles. The summed E-state index contributed by atoms with van der Waals surface area (Å²) in [5.41, 5.74) is 15.5. The van der Waals surface area contributed by atoms with E-state index in [1.807, 2.05) is 0 Å². The van der Waals surface area contributed by atoms with Gasteiger partial charge in [-0.05, 0) is 12.8 Å². The SMILES string of the molecule is N=C(N)NCCCOCCOCCOCCCN=C(N)N. The molecule has 0 aromatic rings. The van der Waals surface area contributed by atoms with Crippen LogP contribution < -0.4 is 22.5 Å². The molecule has 9 nitrogen and oxygen atoms in total. The van der Waals surface area contributed by atoms with Crippen LogP contribution in [0.3, 0.4) is 0 Å². The molecule has 0 rings (SSSR count). The summed E-state index contributed by atoms with van der Waals surface area (Å²) in [5, 5.41) is 9.66. The first kappa shape index (κ1) is 19.4. The molecule has 0 aliphatic rings. The molecule has 0 aromatic heterocycles. The highest BCUT2D eigenvalue weighted by Crippen LogP contribution is 1.86. The van der Waals surface area contributed by atoms with Crippen LogP contribution in [0.2, 0.25) is 0 Å². The second-order valence-corrected chi connectivity index (χ2v) is 4.19. The molecule has 124 valence electrons. The van der Waals surface area contributed by atoms with E-state index in [1.54, 1.807) is 0 Å². The van der Waals surface area contributed by atoms with Crippen LogP contribution in [0.15, 0.2) is 4.99 Å². The third-order valence-corrected chi connectivity index (χ3v) is 2.27. The predicted octanol–water partition coefficient (Wildman–Crippen LogP) is -1.43. The van der Waals surface area contributed by atoms with Gasteiger partial charge in [0, 0.05) is 26.3 Å². The number of nitrogens with two attached hydrogens (primary N) is 3. The minimum absolute atomic E-state index is 0.0170. The van der Waals surface area contributed by atoms with Crippen molar-refractivity contribution in [1.29, 1.82) is 5.41 Å². The first-order valence-electron chi connectivity index (χ1n) is 6.99. The maximum absolute atomic E-state index is 6.95. The van der Waals surface area contributed by atoms with Crippen molar-refractivity contribution in [2.24, 2.45) is 22.2 Å². The molecule has 0 saturated heterocycles. The van der Waals surface area contributed by atoms with Gasteiger partial charge in [0.1, 0.15) is 0 Å². The molecule has 0 unspecified atom stereocenters. The van der Waals surface area contributed by atoms with Gasteiger partial charge in [0.25, 0.3) is 0 Å². The Bertz CT molecular complexity index is 284. The fourth-order valence-corrected chi connectivity index (χ4v) is 1.31. The normalized spacial score (nSPS) is 10.3. The first-order valence-corrected chi connectivity index (χ1v) is 6.99. The summed E-state index contributed by atoms with van der Waals surface area (Å²) in [7, 11) is 0. The Morgan fingerprint density at radius 3 is 1.90 bits per heavy atom. The van der Waals surface area contributed by atoms with Crippen LogP contribution in [0, 0.1) is 5.41 Å². The van der Waals surface area contributed by atoms with Gasteiger partial charge in [0.2, 0.25) is 0 Å². The Balaban J connectivity index is 3.03. The lowest BCUT2D eigenvalue weighted by atomic mass is 10.4.